The van der Waals surface area contributed by atoms with Gasteiger partial charge in [0.25, 0.3) is 0 Å². The average Bonchev–Trinajstić information content (AvgIpc) is 2.77. The molecule has 1 aromatic carbocycles. The van der Waals surface area contributed by atoms with E-state index >= 15 is 0 Å². The summed E-state index contributed by atoms with van der Waals surface area (Å²) in [6, 6.07) is 3.27. The lowest BCUT2D eigenvalue weighted by Crippen LogP contribution is -2.49. The van der Waals surface area contributed by atoms with E-state index in [0.29, 0.717) is 24.5 Å². The molecule has 11 heteroatoms. The Morgan fingerprint density at radius 1 is 1.27 bits per heavy atom. The Hall–Kier alpha value is -2.79. The number of carbonyl (C=O) groups is 1. The van der Waals surface area contributed by atoms with Crippen molar-refractivity contribution in [2.75, 3.05) is 19.0 Å². The number of methoxy groups -OCH3 is 1. The Morgan fingerprint density at radius 2 is 1.94 bits per heavy atom. The largest absolute Gasteiger partial charge is 0.493 e. The Kier molecular flexibility index (Phi) is 8.36. The molecule has 0 aliphatic carbocycles. The summed E-state index contributed by atoms with van der Waals surface area (Å²) in [4.78, 5) is 14.8. The lowest BCUT2D eigenvalue weighted by molar-refractivity contribution is -0.272. The van der Waals surface area contributed by atoms with E-state index < -0.39 is 47.6 Å². The van der Waals surface area contributed by atoms with Crippen LogP contribution in [0.3, 0.4) is 0 Å². The molecule has 6 nitrogen and oxygen atoms in total. The second-order valence-corrected chi connectivity index (χ2v) is 7.78. The van der Waals surface area contributed by atoms with Gasteiger partial charge < -0.3 is 20.3 Å². The molecule has 0 saturated heterocycles. The summed E-state index contributed by atoms with van der Waals surface area (Å²) in [7, 11) is 1.06. The minimum absolute atomic E-state index is 0.000401. The number of aliphatic hydroxyl groups is 2. The van der Waals surface area contributed by atoms with Gasteiger partial charge in [0.2, 0.25) is 5.82 Å². The molecule has 3 atom stereocenters. The summed E-state index contributed by atoms with van der Waals surface area (Å²) < 4.78 is 73.6. The van der Waals surface area contributed by atoms with E-state index in [2.05, 4.69) is 10.3 Å². The van der Waals surface area contributed by atoms with E-state index in [4.69, 9.17) is 4.74 Å². The number of hydrogen-bond donors (Lipinski definition) is 3. The molecule has 0 fully saturated rings. The number of hydrogen-bond acceptors (Lipinski definition) is 6. The molecular formula is C22H25F5N2O4. The van der Waals surface area contributed by atoms with Crippen molar-refractivity contribution in [1.29, 1.82) is 0 Å². The molecule has 0 spiro atoms. The summed E-state index contributed by atoms with van der Waals surface area (Å²) in [5, 5.41) is 22.6. The molecule has 0 aliphatic rings. The quantitative estimate of drug-likeness (QED) is 0.352. The van der Waals surface area contributed by atoms with Gasteiger partial charge in [0.15, 0.2) is 23.5 Å². The van der Waals surface area contributed by atoms with E-state index in [1.165, 1.54) is 12.3 Å². The first-order chi connectivity index (χ1) is 15.4. The summed E-state index contributed by atoms with van der Waals surface area (Å²) in [5.74, 6) is -5.73. The van der Waals surface area contributed by atoms with Crippen LogP contribution in [0.5, 0.6) is 5.75 Å². The van der Waals surface area contributed by atoms with Crippen molar-refractivity contribution in [3.8, 4) is 5.75 Å². The molecule has 2 rings (SSSR count). The summed E-state index contributed by atoms with van der Waals surface area (Å²) in [6.45, 7) is 1.37. The first kappa shape index (κ1) is 26.5. The van der Waals surface area contributed by atoms with Crippen LogP contribution in [0.1, 0.15) is 47.8 Å². The number of halogens is 5. The average molecular weight is 476 g/mol. The zero-order valence-electron chi connectivity index (χ0n) is 18.2. The molecule has 2 aromatic rings. The van der Waals surface area contributed by atoms with Crippen LogP contribution in [0.2, 0.25) is 0 Å². The van der Waals surface area contributed by atoms with Crippen molar-refractivity contribution in [1.82, 2.24) is 4.98 Å². The van der Waals surface area contributed by atoms with E-state index in [1.807, 2.05) is 0 Å². The third-order valence-electron chi connectivity index (χ3n) is 5.82. The Labute approximate surface area is 187 Å². The van der Waals surface area contributed by atoms with Crippen molar-refractivity contribution in [2.45, 2.75) is 44.6 Å². The highest BCUT2D eigenvalue weighted by atomic mass is 19.4. The number of pyridine rings is 1. The third-order valence-corrected chi connectivity index (χ3v) is 5.82. The maximum Gasteiger partial charge on any atom is 0.417 e. The number of aldehydes is 1. The Balaban J connectivity index is 2.43. The van der Waals surface area contributed by atoms with Crippen molar-refractivity contribution in [3.05, 3.63) is 52.9 Å². The van der Waals surface area contributed by atoms with Crippen LogP contribution in [0.4, 0.5) is 27.6 Å². The molecule has 0 bridgehead atoms. The maximum absolute atomic E-state index is 14.3. The minimum atomic E-state index is -4.99. The molecule has 1 aromatic heterocycles. The molecule has 3 N–H and O–H groups in total. The number of nitrogens with one attached hydrogen (secondary N) is 1. The van der Waals surface area contributed by atoms with Crippen molar-refractivity contribution < 1.29 is 41.7 Å². The Bertz CT molecular complexity index is 982. The van der Waals surface area contributed by atoms with E-state index in [1.54, 1.807) is 0 Å². The van der Waals surface area contributed by atoms with Gasteiger partial charge in [-0.2, -0.15) is 17.6 Å². The molecule has 182 valence electrons. The van der Waals surface area contributed by atoms with E-state index in [9.17, 15) is 37.0 Å². The minimum Gasteiger partial charge on any atom is -0.493 e. The topological polar surface area (TPSA) is 91.7 Å². The van der Waals surface area contributed by atoms with Gasteiger partial charge in [-0.1, -0.05) is 13.0 Å². The molecule has 0 aliphatic heterocycles. The molecular weight excluding hydrogens is 451 g/mol. The van der Waals surface area contributed by atoms with Gasteiger partial charge in [-0.05, 0) is 31.4 Å². The summed E-state index contributed by atoms with van der Waals surface area (Å²) in [5.41, 5.74) is -2.44. The van der Waals surface area contributed by atoms with Crippen LogP contribution in [0.15, 0.2) is 24.4 Å². The van der Waals surface area contributed by atoms with Gasteiger partial charge in [0, 0.05) is 35.5 Å². The molecule has 1 heterocycles. The van der Waals surface area contributed by atoms with E-state index in [-0.39, 0.29) is 24.2 Å². The van der Waals surface area contributed by atoms with E-state index in [0.717, 1.165) is 26.2 Å². The number of carbonyl (C=O) groups excluding carboxylic acids is 1. The van der Waals surface area contributed by atoms with Crippen LogP contribution < -0.4 is 10.1 Å². The number of rotatable bonds is 10. The van der Waals surface area contributed by atoms with Gasteiger partial charge >= 0.3 is 6.18 Å². The SMILES string of the molecule is COc1c(C(CCNc2cc(C=O)ncc2CO)C(C)[C@@](C)(O)C(F)(F)F)ccc(F)c1F. The Morgan fingerprint density at radius 3 is 2.48 bits per heavy atom. The third kappa shape index (κ3) is 5.59. The zero-order valence-corrected chi connectivity index (χ0v) is 18.2. The predicted octanol–water partition coefficient (Wildman–Crippen LogP) is 4.21. The first-order valence-corrected chi connectivity index (χ1v) is 9.98. The monoisotopic (exact) mass is 476 g/mol. The van der Waals surface area contributed by atoms with Crippen LogP contribution in [0, 0.1) is 17.6 Å². The number of nitrogens with zero attached hydrogens (tertiary/aromatic N) is 1. The molecule has 0 saturated carbocycles. The number of benzene rings is 1. The number of alkyl halides is 3. The zero-order chi connectivity index (χ0) is 25.0. The highest BCUT2D eigenvalue weighted by Crippen LogP contribution is 2.46. The first-order valence-electron chi connectivity index (χ1n) is 9.98. The number of aliphatic hydroxyl groups excluding tert-OH is 1. The molecule has 0 amide bonds. The number of aromatic nitrogens is 1. The smallest absolute Gasteiger partial charge is 0.417 e. The van der Waals surface area contributed by atoms with Crippen LogP contribution in [-0.2, 0) is 6.61 Å². The van der Waals surface area contributed by atoms with Crippen LogP contribution in [-0.4, -0.2) is 46.9 Å². The highest BCUT2D eigenvalue weighted by molar-refractivity contribution is 5.74. The highest BCUT2D eigenvalue weighted by Gasteiger charge is 2.55. The lowest BCUT2D eigenvalue weighted by atomic mass is 9.74. The standard InChI is InChI=1S/C22H25F5N2O4/c1-12(21(2,32)22(25,26)27)15(16-4-5-17(23)19(24)20(16)33-3)6-7-28-18-8-14(11-31)29-9-13(18)10-30/h4-5,8-9,11-12,15,30,32H,6-7,10H2,1-3H3,(H,28,29)/t12?,15?,21-/m1/s1. The molecule has 33 heavy (non-hydrogen) atoms. The number of anilines is 1. The van der Waals surface area contributed by atoms with Crippen LogP contribution >= 0.6 is 0 Å². The van der Waals surface area contributed by atoms with Crippen molar-refractivity contribution in [3.63, 3.8) is 0 Å². The fourth-order valence-electron chi connectivity index (χ4n) is 3.59. The van der Waals surface area contributed by atoms with Crippen LogP contribution in [0.25, 0.3) is 0 Å². The van der Waals surface area contributed by atoms with Gasteiger partial charge in [-0.25, -0.2) is 4.39 Å². The molecule has 2 unspecified atom stereocenters. The van der Waals surface area contributed by atoms with Gasteiger partial charge in [-0.3, -0.25) is 9.78 Å². The second kappa shape index (κ2) is 10.4. The fourth-order valence-corrected chi connectivity index (χ4v) is 3.59. The number of ether oxygens (including phenoxy) is 1. The van der Waals surface area contributed by atoms with Gasteiger partial charge in [0.05, 0.1) is 13.7 Å². The molecule has 0 radical (unpaired) electrons. The second-order valence-electron chi connectivity index (χ2n) is 7.78. The van der Waals surface area contributed by atoms with Gasteiger partial charge in [-0.15, -0.1) is 0 Å². The normalized spacial score (nSPS) is 15.5. The maximum atomic E-state index is 14.3. The predicted molar refractivity (Wildman–Crippen MR) is 110 cm³/mol. The fraction of sp³-hybridized carbons (Fsp3) is 0.455. The summed E-state index contributed by atoms with van der Waals surface area (Å²) >= 11 is 0. The van der Waals surface area contributed by atoms with Crippen molar-refractivity contribution >= 4 is 12.0 Å². The van der Waals surface area contributed by atoms with Gasteiger partial charge in [0.1, 0.15) is 5.69 Å². The van der Waals surface area contributed by atoms with Crippen molar-refractivity contribution in [2.24, 2.45) is 5.92 Å². The summed E-state index contributed by atoms with van der Waals surface area (Å²) in [6.07, 6.45) is -3.29. The lowest BCUT2D eigenvalue weighted by Gasteiger charge is -2.38.